The minimum absolute atomic E-state index is 0.203. The predicted molar refractivity (Wildman–Crippen MR) is 319 cm³/mol. The molecule has 8 aromatic rings. The highest BCUT2D eigenvalue weighted by atomic mass is 16.4. The molecule has 0 saturated heterocycles. The second-order valence-corrected chi connectivity index (χ2v) is 21.6. The minimum Gasteiger partial charge on any atom is -0.480 e. The summed E-state index contributed by atoms with van der Waals surface area (Å²) in [4.78, 5) is 51.0. The zero-order valence-electron chi connectivity index (χ0n) is 45.5. The SMILES string of the molecule is CCCCCCC1(CCCCCC)c2cc(-c3ccccc3)ccc2-c2ccc(-c3ccc4c(c3)C(c3ccc(N(CC(=O)O)CC(=O)O)cc3)(c3ccc(N(CC(=O)O)CC(=O)O)cc3)c3cc(-c5ccccc5)ccc3-4)cc21. The molecule has 8 aromatic carbocycles. The molecule has 0 fully saturated rings. The Bertz CT molecular complexity index is 3430. The largest absolute Gasteiger partial charge is 0.480 e. The summed E-state index contributed by atoms with van der Waals surface area (Å²) in [6, 6.07) is 63.2. The van der Waals surface area contributed by atoms with Crippen LogP contribution < -0.4 is 9.80 Å². The number of carbonyl (C=O) groups is 4. The van der Waals surface area contributed by atoms with Crippen molar-refractivity contribution in [3.63, 3.8) is 0 Å². The van der Waals surface area contributed by atoms with Crippen LogP contribution in [0.3, 0.4) is 0 Å². The summed E-state index contributed by atoms with van der Waals surface area (Å²) < 4.78 is 0. The van der Waals surface area contributed by atoms with Crippen LogP contribution >= 0.6 is 0 Å². The molecule has 2 aliphatic rings. The Balaban J connectivity index is 1.20. The van der Waals surface area contributed by atoms with E-state index in [1.54, 1.807) is 24.3 Å². The van der Waals surface area contributed by atoms with E-state index in [9.17, 15) is 39.6 Å². The standard InChI is InChI=1S/C70H68N2O8/c1-3-5-7-15-37-69(38-16-8-6-4-2)61-39-49(47-17-11-9-12-18-47)21-33-57(61)58-34-23-51(40-62(58)69)52-24-36-60-59-35-22-50(48-19-13-10-14-20-48)41-63(59)70(64(60)42-52,53-25-29-55(30-26-53)71(43-65(73)74)44-66(75)76)54-27-31-56(32-28-54)72(45-67(77)78)46-68(79)80/h9-14,17-36,39-42H,3-8,15-16,37-38,43-46H2,1-2H3,(H,73,74)(H,75,76)(H,77,78)(H,79,80). The maximum absolute atomic E-state index is 12.1. The van der Waals surface area contributed by atoms with Gasteiger partial charge in [-0.05, 0) is 150 Å². The summed E-state index contributed by atoms with van der Waals surface area (Å²) in [5.74, 6) is -4.65. The second-order valence-electron chi connectivity index (χ2n) is 21.6. The molecule has 0 aliphatic heterocycles. The molecule has 0 radical (unpaired) electrons. The monoisotopic (exact) mass is 1060 g/mol. The van der Waals surface area contributed by atoms with Crippen molar-refractivity contribution in [3.8, 4) is 55.6 Å². The summed E-state index contributed by atoms with van der Waals surface area (Å²) in [6.45, 7) is 2.47. The number of nitrogens with zero attached hydrogens (tertiary/aromatic N) is 2. The van der Waals surface area contributed by atoms with Gasteiger partial charge in [0.15, 0.2) is 0 Å². The van der Waals surface area contributed by atoms with E-state index < -0.39 is 55.5 Å². The van der Waals surface area contributed by atoms with Gasteiger partial charge in [0.1, 0.15) is 26.2 Å². The van der Waals surface area contributed by atoms with Crippen LogP contribution in [0.5, 0.6) is 0 Å². The molecule has 0 unspecified atom stereocenters. The summed E-state index contributed by atoms with van der Waals surface area (Å²) in [5.41, 5.74) is 17.1. The van der Waals surface area contributed by atoms with E-state index in [-0.39, 0.29) is 5.41 Å². The van der Waals surface area contributed by atoms with Crippen molar-refractivity contribution in [1.82, 2.24) is 0 Å². The Kier molecular flexibility index (Phi) is 16.2. The molecule has 0 amide bonds. The first-order valence-corrected chi connectivity index (χ1v) is 28.1. The van der Waals surface area contributed by atoms with Crippen LogP contribution in [0.25, 0.3) is 55.6 Å². The Morgan fingerprint density at radius 1 is 0.350 bits per heavy atom. The fourth-order valence-corrected chi connectivity index (χ4v) is 12.9. The van der Waals surface area contributed by atoms with Gasteiger partial charge in [0.2, 0.25) is 0 Å². The number of aliphatic carboxylic acids is 4. The van der Waals surface area contributed by atoms with Gasteiger partial charge in [-0.3, -0.25) is 19.2 Å². The lowest BCUT2D eigenvalue weighted by Crippen LogP contribution is -2.35. The molecule has 80 heavy (non-hydrogen) atoms. The first-order valence-electron chi connectivity index (χ1n) is 28.1. The molecule has 2 aliphatic carbocycles. The fourth-order valence-electron chi connectivity index (χ4n) is 12.9. The molecular weight excluding hydrogens is 997 g/mol. The molecule has 406 valence electrons. The van der Waals surface area contributed by atoms with Crippen molar-refractivity contribution in [2.45, 2.75) is 88.9 Å². The zero-order chi connectivity index (χ0) is 56.0. The highest BCUT2D eigenvalue weighted by molar-refractivity contribution is 5.92. The third kappa shape index (κ3) is 10.7. The third-order valence-corrected chi connectivity index (χ3v) is 16.6. The Morgan fingerprint density at radius 2 is 0.662 bits per heavy atom. The van der Waals surface area contributed by atoms with E-state index in [1.807, 2.05) is 42.5 Å². The number of unbranched alkanes of at least 4 members (excludes halogenated alkanes) is 6. The molecule has 0 spiro atoms. The number of benzene rings is 8. The second kappa shape index (κ2) is 23.7. The van der Waals surface area contributed by atoms with Crippen molar-refractivity contribution in [2.75, 3.05) is 36.0 Å². The Hall–Kier alpha value is -8.76. The molecule has 0 bridgehead atoms. The van der Waals surface area contributed by atoms with Crippen LogP contribution in [0.2, 0.25) is 0 Å². The smallest absolute Gasteiger partial charge is 0.323 e. The quantitative estimate of drug-likeness (QED) is 0.0407. The maximum Gasteiger partial charge on any atom is 0.323 e. The number of carboxylic acid groups (broad SMARTS) is 4. The Morgan fingerprint density at radius 3 is 0.988 bits per heavy atom. The summed E-state index contributed by atoms with van der Waals surface area (Å²) in [7, 11) is 0. The highest BCUT2D eigenvalue weighted by Gasteiger charge is 2.47. The first-order chi connectivity index (χ1) is 38.8. The van der Waals surface area contributed by atoms with Crippen LogP contribution in [-0.4, -0.2) is 70.5 Å². The normalized spacial score (nSPS) is 13.2. The highest BCUT2D eigenvalue weighted by Crippen LogP contribution is 2.59. The molecule has 0 heterocycles. The van der Waals surface area contributed by atoms with E-state index >= 15 is 0 Å². The van der Waals surface area contributed by atoms with Crippen molar-refractivity contribution >= 4 is 35.3 Å². The molecule has 10 heteroatoms. The van der Waals surface area contributed by atoms with Crippen molar-refractivity contribution in [1.29, 1.82) is 0 Å². The zero-order valence-corrected chi connectivity index (χ0v) is 45.5. The van der Waals surface area contributed by atoms with E-state index in [1.165, 1.54) is 68.9 Å². The van der Waals surface area contributed by atoms with Gasteiger partial charge >= 0.3 is 23.9 Å². The van der Waals surface area contributed by atoms with E-state index in [2.05, 4.69) is 129 Å². The van der Waals surface area contributed by atoms with Gasteiger partial charge in [0.05, 0.1) is 5.41 Å². The number of rotatable bonds is 25. The minimum atomic E-state index is -1.16. The lowest BCUT2D eigenvalue weighted by atomic mass is 9.67. The average molecular weight is 1070 g/mol. The number of fused-ring (bicyclic) bond motifs is 6. The van der Waals surface area contributed by atoms with Gasteiger partial charge in [-0.1, -0.05) is 199 Å². The third-order valence-electron chi connectivity index (χ3n) is 16.6. The molecule has 4 N–H and O–H groups in total. The van der Waals surface area contributed by atoms with Gasteiger partial charge in [0, 0.05) is 16.8 Å². The number of anilines is 2. The number of hydrogen-bond donors (Lipinski definition) is 4. The lowest BCUT2D eigenvalue weighted by molar-refractivity contribution is -0.138. The molecule has 0 saturated carbocycles. The fraction of sp³-hybridized carbons (Fsp3) is 0.257. The van der Waals surface area contributed by atoms with Crippen LogP contribution in [-0.2, 0) is 30.0 Å². The first kappa shape index (κ1) is 54.6. The van der Waals surface area contributed by atoms with Crippen molar-refractivity contribution in [2.24, 2.45) is 0 Å². The van der Waals surface area contributed by atoms with E-state index in [4.69, 9.17) is 0 Å². The van der Waals surface area contributed by atoms with Crippen LogP contribution in [0, 0.1) is 0 Å². The molecule has 0 aromatic heterocycles. The predicted octanol–water partition coefficient (Wildman–Crippen LogP) is 15.2. The summed E-state index contributed by atoms with van der Waals surface area (Å²) in [5, 5.41) is 39.5. The van der Waals surface area contributed by atoms with Crippen molar-refractivity contribution in [3.05, 3.63) is 215 Å². The van der Waals surface area contributed by atoms with Gasteiger partial charge < -0.3 is 30.2 Å². The van der Waals surface area contributed by atoms with Crippen molar-refractivity contribution < 1.29 is 39.6 Å². The van der Waals surface area contributed by atoms with E-state index in [0.717, 1.165) is 94.2 Å². The van der Waals surface area contributed by atoms with Crippen LogP contribution in [0.15, 0.2) is 182 Å². The summed E-state index contributed by atoms with van der Waals surface area (Å²) in [6.07, 6.45) is 11.4. The molecule has 0 atom stereocenters. The van der Waals surface area contributed by atoms with Gasteiger partial charge in [-0.15, -0.1) is 0 Å². The molecule has 10 nitrogen and oxygen atoms in total. The Labute approximate surface area is 468 Å². The van der Waals surface area contributed by atoms with Gasteiger partial charge in [-0.25, -0.2) is 0 Å². The van der Waals surface area contributed by atoms with Crippen LogP contribution in [0.1, 0.15) is 111 Å². The number of carboxylic acids is 4. The number of hydrogen-bond acceptors (Lipinski definition) is 6. The summed E-state index contributed by atoms with van der Waals surface area (Å²) >= 11 is 0. The molecule has 10 rings (SSSR count). The van der Waals surface area contributed by atoms with Crippen LogP contribution in [0.4, 0.5) is 11.4 Å². The average Bonchev–Trinajstić information content (AvgIpc) is 4.05. The molecular formula is C70H68N2O8. The lowest BCUT2D eigenvalue weighted by Gasteiger charge is -2.35. The van der Waals surface area contributed by atoms with Gasteiger partial charge in [0.25, 0.3) is 0 Å². The van der Waals surface area contributed by atoms with E-state index in [0.29, 0.717) is 11.4 Å². The van der Waals surface area contributed by atoms with Gasteiger partial charge in [-0.2, -0.15) is 0 Å². The maximum atomic E-state index is 12.1. The topological polar surface area (TPSA) is 156 Å².